The number of aromatic nitrogens is 4. The second-order valence-corrected chi connectivity index (χ2v) is 5.44. The Morgan fingerprint density at radius 3 is 3.05 bits per heavy atom. The van der Waals surface area contributed by atoms with Crippen LogP contribution in [0.25, 0.3) is 0 Å². The first kappa shape index (κ1) is 14.5. The van der Waals surface area contributed by atoms with Crippen molar-refractivity contribution in [3.05, 3.63) is 36.3 Å². The normalized spacial score (nSPS) is 18.2. The molecular formula is C15H19N5O2. The highest BCUT2D eigenvalue weighted by molar-refractivity contribution is 5.76. The van der Waals surface area contributed by atoms with Crippen LogP contribution in [0.4, 0.5) is 0 Å². The van der Waals surface area contributed by atoms with Crippen LogP contribution in [0.1, 0.15) is 18.5 Å². The van der Waals surface area contributed by atoms with Crippen LogP contribution in [0.2, 0.25) is 0 Å². The van der Waals surface area contributed by atoms with E-state index in [1.165, 1.54) is 0 Å². The Morgan fingerprint density at radius 2 is 2.32 bits per heavy atom. The predicted octanol–water partition coefficient (Wildman–Crippen LogP) is 1.05. The number of carbonyl (C=O) groups excluding carboxylic acids is 1. The lowest BCUT2D eigenvalue weighted by Crippen LogP contribution is -2.45. The number of rotatable bonds is 4. The Balaban J connectivity index is 1.56. The summed E-state index contributed by atoms with van der Waals surface area (Å²) < 4.78 is 7.47. The third-order valence-electron chi connectivity index (χ3n) is 3.65. The Morgan fingerprint density at radius 1 is 1.41 bits per heavy atom. The Hall–Kier alpha value is -2.44. The first-order valence-electron chi connectivity index (χ1n) is 7.43. The summed E-state index contributed by atoms with van der Waals surface area (Å²) in [5.74, 6) is 0.573. The summed E-state index contributed by atoms with van der Waals surface area (Å²) in [6.07, 6.45) is 5.27. The molecule has 3 rings (SSSR count). The van der Waals surface area contributed by atoms with Gasteiger partial charge in [-0.2, -0.15) is 10.2 Å². The van der Waals surface area contributed by atoms with E-state index in [0.29, 0.717) is 12.4 Å². The summed E-state index contributed by atoms with van der Waals surface area (Å²) in [4.78, 5) is 14.1. The molecule has 3 heterocycles. The van der Waals surface area contributed by atoms with Gasteiger partial charge < -0.3 is 9.64 Å². The second-order valence-electron chi connectivity index (χ2n) is 5.44. The molecule has 2 aromatic rings. The molecule has 1 amide bonds. The summed E-state index contributed by atoms with van der Waals surface area (Å²) in [6.45, 7) is 3.49. The van der Waals surface area contributed by atoms with Crippen molar-refractivity contribution >= 4 is 5.91 Å². The molecule has 1 atom stereocenters. The van der Waals surface area contributed by atoms with Gasteiger partial charge in [0, 0.05) is 25.0 Å². The summed E-state index contributed by atoms with van der Waals surface area (Å²) in [7, 11) is 0. The first-order chi connectivity index (χ1) is 10.7. The molecule has 1 aliphatic rings. The zero-order chi connectivity index (χ0) is 15.4. The molecule has 1 fully saturated rings. The zero-order valence-electron chi connectivity index (χ0n) is 12.6. The van der Waals surface area contributed by atoms with Gasteiger partial charge in [-0.15, -0.1) is 5.10 Å². The van der Waals surface area contributed by atoms with E-state index in [1.54, 1.807) is 17.1 Å². The third-order valence-corrected chi connectivity index (χ3v) is 3.65. The monoisotopic (exact) mass is 301 g/mol. The number of hydrogen-bond donors (Lipinski definition) is 0. The van der Waals surface area contributed by atoms with Gasteiger partial charge >= 0.3 is 0 Å². The van der Waals surface area contributed by atoms with E-state index in [-0.39, 0.29) is 18.6 Å². The zero-order valence-corrected chi connectivity index (χ0v) is 12.6. The minimum Gasteiger partial charge on any atom is -0.471 e. The molecule has 1 saturated heterocycles. The van der Waals surface area contributed by atoms with Gasteiger partial charge in [-0.3, -0.25) is 9.48 Å². The fourth-order valence-corrected chi connectivity index (χ4v) is 2.51. The van der Waals surface area contributed by atoms with Crippen molar-refractivity contribution in [3.8, 4) is 5.88 Å². The molecule has 2 aromatic heterocycles. The number of amides is 1. The van der Waals surface area contributed by atoms with E-state index in [2.05, 4.69) is 15.3 Å². The molecular weight excluding hydrogens is 282 g/mol. The molecule has 0 aromatic carbocycles. The third kappa shape index (κ3) is 3.60. The van der Waals surface area contributed by atoms with Crippen molar-refractivity contribution in [1.29, 1.82) is 0 Å². The van der Waals surface area contributed by atoms with E-state index < -0.39 is 0 Å². The average molecular weight is 301 g/mol. The molecule has 1 aliphatic heterocycles. The maximum Gasteiger partial charge on any atom is 0.244 e. The summed E-state index contributed by atoms with van der Waals surface area (Å²) >= 11 is 0. The van der Waals surface area contributed by atoms with Crippen LogP contribution in [-0.2, 0) is 11.3 Å². The van der Waals surface area contributed by atoms with Crippen LogP contribution in [0.15, 0.2) is 30.6 Å². The van der Waals surface area contributed by atoms with Crippen molar-refractivity contribution in [2.45, 2.75) is 32.4 Å². The maximum absolute atomic E-state index is 12.3. The van der Waals surface area contributed by atoms with E-state index >= 15 is 0 Å². The molecule has 0 unspecified atom stereocenters. The van der Waals surface area contributed by atoms with Crippen molar-refractivity contribution in [2.75, 3.05) is 13.1 Å². The predicted molar refractivity (Wildman–Crippen MR) is 79.2 cm³/mol. The number of aryl methyl sites for hydroxylation is 1. The number of hydrogen-bond acceptors (Lipinski definition) is 5. The van der Waals surface area contributed by atoms with Crippen molar-refractivity contribution in [1.82, 2.24) is 24.9 Å². The molecule has 0 radical (unpaired) electrons. The Kier molecular flexibility index (Phi) is 4.32. The number of carbonyl (C=O) groups is 1. The van der Waals surface area contributed by atoms with E-state index in [4.69, 9.17) is 4.74 Å². The topological polar surface area (TPSA) is 73.1 Å². The molecule has 0 N–H and O–H groups in total. The highest BCUT2D eigenvalue weighted by Crippen LogP contribution is 2.16. The van der Waals surface area contributed by atoms with E-state index in [0.717, 1.165) is 25.1 Å². The molecule has 0 aliphatic carbocycles. The largest absolute Gasteiger partial charge is 0.471 e. The molecule has 116 valence electrons. The van der Waals surface area contributed by atoms with Gasteiger partial charge in [0.05, 0.1) is 12.2 Å². The van der Waals surface area contributed by atoms with Gasteiger partial charge in [-0.25, -0.2) is 0 Å². The molecule has 22 heavy (non-hydrogen) atoms. The standard InChI is InChI=1S/C15H19N5O2/c1-12-5-6-14(18-17-12)22-13-4-2-8-19(10-13)15(21)11-20-9-3-7-16-20/h3,5-7,9,13H,2,4,8,10-11H2,1H3/t13-/m0/s1. The fraction of sp³-hybridized carbons (Fsp3) is 0.467. The van der Waals surface area contributed by atoms with Crippen LogP contribution < -0.4 is 4.74 Å². The lowest BCUT2D eigenvalue weighted by Gasteiger charge is -2.32. The summed E-state index contributed by atoms with van der Waals surface area (Å²) in [5, 5.41) is 12.1. The minimum absolute atomic E-state index is 0.0349. The smallest absolute Gasteiger partial charge is 0.244 e. The van der Waals surface area contributed by atoms with Gasteiger partial charge in [-0.1, -0.05) is 0 Å². The van der Waals surface area contributed by atoms with E-state index in [1.807, 2.05) is 30.0 Å². The van der Waals surface area contributed by atoms with Gasteiger partial charge in [0.2, 0.25) is 11.8 Å². The van der Waals surface area contributed by atoms with E-state index in [9.17, 15) is 4.79 Å². The maximum atomic E-state index is 12.3. The Labute approximate surface area is 128 Å². The summed E-state index contributed by atoms with van der Waals surface area (Å²) in [6, 6.07) is 5.49. The van der Waals surface area contributed by atoms with Crippen LogP contribution >= 0.6 is 0 Å². The molecule has 7 heteroatoms. The molecule has 7 nitrogen and oxygen atoms in total. The van der Waals surface area contributed by atoms with Gasteiger partial charge in [0.1, 0.15) is 12.6 Å². The SMILES string of the molecule is Cc1ccc(O[C@H]2CCCN(C(=O)Cn3cccn3)C2)nn1. The number of nitrogens with zero attached hydrogens (tertiary/aromatic N) is 5. The van der Waals surface area contributed by atoms with Gasteiger partial charge in [0.25, 0.3) is 0 Å². The van der Waals surface area contributed by atoms with Gasteiger partial charge in [0.15, 0.2) is 0 Å². The van der Waals surface area contributed by atoms with Crippen LogP contribution in [0.5, 0.6) is 5.88 Å². The van der Waals surface area contributed by atoms with Gasteiger partial charge in [-0.05, 0) is 31.9 Å². The van der Waals surface area contributed by atoms with Crippen molar-refractivity contribution in [2.24, 2.45) is 0 Å². The summed E-state index contributed by atoms with van der Waals surface area (Å²) in [5.41, 5.74) is 0.854. The van der Waals surface area contributed by atoms with Crippen LogP contribution in [0.3, 0.4) is 0 Å². The lowest BCUT2D eigenvalue weighted by atomic mass is 10.1. The number of piperidine rings is 1. The number of likely N-dealkylation sites (tertiary alicyclic amines) is 1. The highest BCUT2D eigenvalue weighted by Gasteiger charge is 2.25. The fourth-order valence-electron chi connectivity index (χ4n) is 2.51. The minimum atomic E-state index is -0.0349. The van der Waals surface area contributed by atoms with Crippen molar-refractivity contribution < 1.29 is 9.53 Å². The number of ether oxygens (including phenoxy) is 1. The lowest BCUT2D eigenvalue weighted by molar-refractivity contribution is -0.134. The average Bonchev–Trinajstić information content (AvgIpc) is 3.03. The quantitative estimate of drug-likeness (QED) is 0.844. The molecule has 0 saturated carbocycles. The van der Waals surface area contributed by atoms with Crippen molar-refractivity contribution in [3.63, 3.8) is 0 Å². The van der Waals surface area contributed by atoms with Crippen LogP contribution in [-0.4, -0.2) is 50.0 Å². The highest BCUT2D eigenvalue weighted by atomic mass is 16.5. The first-order valence-corrected chi connectivity index (χ1v) is 7.43. The van der Waals surface area contributed by atoms with Crippen LogP contribution in [0, 0.1) is 6.92 Å². The Bertz CT molecular complexity index is 611. The molecule has 0 bridgehead atoms. The molecule has 0 spiro atoms. The second kappa shape index (κ2) is 6.55.